The van der Waals surface area contributed by atoms with Crippen LogP contribution in [-0.4, -0.2) is 22.3 Å². The lowest BCUT2D eigenvalue weighted by atomic mass is 10.2. The molecule has 1 aromatic heterocycles. The fourth-order valence-electron chi connectivity index (χ4n) is 1.51. The maximum atomic E-state index is 10.2. The summed E-state index contributed by atoms with van der Waals surface area (Å²) in [6.07, 6.45) is 1.77. The van der Waals surface area contributed by atoms with E-state index in [0.29, 0.717) is 22.7 Å². The molecule has 0 radical (unpaired) electrons. The van der Waals surface area contributed by atoms with Crippen molar-refractivity contribution in [3.8, 4) is 0 Å². The smallest absolute Gasteiger partial charge is 0.236 e. The maximum Gasteiger partial charge on any atom is 0.236 e. The number of nitrogens with two attached hydrogens (primary N) is 1. The summed E-state index contributed by atoms with van der Waals surface area (Å²) in [5, 5.41) is 10.8. The Kier molecular flexibility index (Phi) is 2.87. The zero-order chi connectivity index (χ0) is 12.3. The molecule has 6 heteroatoms. The van der Waals surface area contributed by atoms with Gasteiger partial charge >= 0.3 is 0 Å². The van der Waals surface area contributed by atoms with E-state index in [0.717, 1.165) is 4.73 Å². The molecule has 86 valence electrons. The standard InChI is InChI=1S/C11H10N4O2/c12-11(13-7-16)14-9-5-6-15(17)10-4-2-1-3-8(9)10/h1-7,17H,(H2,12,13,16). The van der Waals surface area contributed by atoms with Crippen LogP contribution in [0.25, 0.3) is 10.9 Å². The first-order valence-electron chi connectivity index (χ1n) is 4.83. The van der Waals surface area contributed by atoms with Crippen LogP contribution >= 0.6 is 0 Å². The molecule has 0 bridgehead atoms. The first-order chi connectivity index (χ1) is 8.22. The molecule has 0 aliphatic heterocycles. The molecular weight excluding hydrogens is 220 g/mol. The number of benzene rings is 1. The quantitative estimate of drug-likeness (QED) is 0.318. The van der Waals surface area contributed by atoms with E-state index in [9.17, 15) is 10.0 Å². The van der Waals surface area contributed by atoms with Crippen molar-refractivity contribution in [3.63, 3.8) is 0 Å². The number of para-hydroxylation sites is 1. The Morgan fingerprint density at radius 1 is 1.35 bits per heavy atom. The zero-order valence-electron chi connectivity index (χ0n) is 8.82. The Labute approximate surface area is 96.3 Å². The van der Waals surface area contributed by atoms with Gasteiger partial charge in [-0.1, -0.05) is 18.2 Å². The molecule has 3 N–H and O–H groups in total. The molecule has 0 saturated heterocycles. The molecular formula is C11H10N4O2. The summed E-state index contributed by atoms with van der Waals surface area (Å²) < 4.78 is 0.988. The minimum absolute atomic E-state index is 0.124. The molecule has 0 aliphatic carbocycles. The van der Waals surface area contributed by atoms with Crippen LogP contribution < -0.4 is 11.1 Å². The lowest BCUT2D eigenvalue weighted by Gasteiger charge is -2.03. The van der Waals surface area contributed by atoms with E-state index in [1.165, 1.54) is 6.20 Å². The number of hydrogen-bond donors (Lipinski definition) is 2. The minimum atomic E-state index is -0.124. The van der Waals surface area contributed by atoms with Gasteiger partial charge in [0.05, 0.1) is 10.9 Å². The van der Waals surface area contributed by atoms with Crippen LogP contribution in [0.4, 0.5) is 0 Å². The average molecular weight is 230 g/mol. The van der Waals surface area contributed by atoms with Gasteiger partial charge in [0.1, 0.15) is 0 Å². The Balaban J connectivity index is 2.76. The minimum Gasteiger partial charge on any atom is -0.428 e. The van der Waals surface area contributed by atoms with Crippen LogP contribution in [0.5, 0.6) is 0 Å². The van der Waals surface area contributed by atoms with Gasteiger partial charge in [-0.15, -0.1) is 0 Å². The summed E-state index contributed by atoms with van der Waals surface area (Å²) >= 11 is 0. The van der Waals surface area contributed by atoms with E-state index in [2.05, 4.69) is 9.98 Å². The number of nitrogens with zero attached hydrogens (tertiary/aromatic N) is 3. The van der Waals surface area contributed by atoms with Gasteiger partial charge in [0.2, 0.25) is 12.4 Å². The Hall–Kier alpha value is -2.63. The summed E-state index contributed by atoms with van der Waals surface area (Å²) in [6, 6.07) is 8.71. The molecule has 0 aliphatic rings. The van der Waals surface area contributed by atoms with E-state index >= 15 is 0 Å². The lowest BCUT2D eigenvalue weighted by molar-refractivity contribution is -0.106. The number of guanidine groups is 1. The highest BCUT2D eigenvalue weighted by atomic mass is 16.5. The number of aromatic nitrogens is 1. The van der Waals surface area contributed by atoms with Gasteiger partial charge in [-0.2, -0.15) is 9.72 Å². The van der Waals surface area contributed by atoms with Crippen molar-refractivity contribution in [1.29, 1.82) is 0 Å². The summed E-state index contributed by atoms with van der Waals surface area (Å²) in [4.78, 5) is 17.5. The molecule has 1 heterocycles. The van der Waals surface area contributed by atoms with Gasteiger partial charge in [0, 0.05) is 11.6 Å². The molecule has 2 aromatic rings. The van der Waals surface area contributed by atoms with Crippen LogP contribution in [-0.2, 0) is 4.79 Å². The van der Waals surface area contributed by atoms with Crippen molar-refractivity contribution in [2.24, 2.45) is 15.7 Å². The second-order valence-electron chi connectivity index (χ2n) is 3.27. The van der Waals surface area contributed by atoms with Crippen molar-refractivity contribution in [3.05, 3.63) is 41.9 Å². The second kappa shape index (κ2) is 4.48. The molecule has 1 amide bonds. The predicted octanol–water partition coefficient (Wildman–Crippen LogP) is 0.250. The molecule has 0 saturated carbocycles. The average Bonchev–Trinajstić information content (AvgIpc) is 2.34. The second-order valence-corrected chi connectivity index (χ2v) is 3.27. The number of aliphatic imine (C=N–C) groups is 1. The van der Waals surface area contributed by atoms with Gasteiger partial charge in [-0.3, -0.25) is 4.79 Å². The Morgan fingerprint density at radius 3 is 2.88 bits per heavy atom. The topological polar surface area (TPSA) is 93.0 Å². The number of amides is 1. The molecule has 0 spiro atoms. The molecule has 0 atom stereocenters. The molecule has 17 heavy (non-hydrogen) atoms. The highest BCUT2D eigenvalue weighted by Crippen LogP contribution is 2.07. The monoisotopic (exact) mass is 230 g/mol. The number of hydrogen-bond acceptors (Lipinski definition) is 2. The van der Waals surface area contributed by atoms with E-state index in [-0.39, 0.29) is 5.96 Å². The number of rotatable bonds is 1. The summed E-state index contributed by atoms with van der Waals surface area (Å²) in [7, 11) is 0. The number of fused-ring (bicyclic) bond motifs is 1. The molecule has 6 nitrogen and oxygen atoms in total. The van der Waals surface area contributed by atoms with Crippen molar-refractivity contribution >= 4 is 23.3 Å². The normalized spacial score (nSPS) is 12.9. The van der Waals surface area contributed by atoms with Crippen molar-refractivity contribution in [1.82, 2.24) is 4.73 Å². The van der Waals surface area contributed by atoms with Gasteiger partial charge in [-0.05, 0) is 12.1 Å². The van der Waals surface area contributed by atoms with Crippen molar-refractivity contribution in [2.75, 3.05) is 0 Å². The summed E-state index contributed by atoms with van der Waals surface area (Å²) in [5.41, 5.74) is 6.02. The van der Waals surface area contributed by atoms with Crippen LogP contribution in [0.1, 0.15) is 0 Å². The third-order valence-corrected chi connectivity index (χ3v) is 2.22. The molecule has 1 aromatic carbocycles. The lowest BCUT2D eigenvalue weighted by Crippen LogP contribution is -2.16. The first-order valence-corrected chi connectivity index (χ1v) is 4.83. The van der Waals surface area contributed by atoms with E-state index in [1.54, 1.807) is 24.3 Å². The van der Waals surface area contributed by atoms with Crippen LogP contribution in [0.2, 0.25) is 0 Å². The first kappa shape index (κ1) is 10.9. The van der Waals surface area contributed by atoms with Crippen LogP contribution in [0.15, 0.2) is 46.5 Å². The Bertz CT molecular complexity index is 658. The van der Waals surface area contributed by atoms with E-state index in [1.807, 2.05) is 6.07 Å². The van der Waals surface area contributed by atoms with Crippen molar-refractivity contribution in [2.45, 2.75) is 0 Å². The number of carbonyl (C=O) groups is 1. The molecule has 2 rings (SSSR count). The number of carbonyl (C=O) groups excluding carboxylic acids is 1. The van der Waals surface area contributed by atoms with Gasteiger partial charge in [0.15, 0.2) is 0 Å². The fourth-order valence-corrected chi connectivity index (χ4v) is 1.51. The molecule has 0 fully saturated rings. The summed E-state index contributed by atoms with van der Waals surface area (Å²) in [6.45, 7) is 0. The van der Waals surface area contributed by atoms with Gasteiger partial charge < -0.3 is 10.9 Å². The summed E-state index contributed by atoms with van der Waals surface area (Å²) in [5.74, 6) is -0.124. The fraction of sp³-hybridized carbons (Fsp3) is 0. The SMILES string of the molecule is NC(=NC=O)N=c1ccn(O)c2ccccc12. The van der Waals surface area contributed by atoms with Crippen LogP contribution in [0.3, 0.4) is 0 Å². The predicted molar refractivity (Wildman–Crippen MR) is 62.4 cm³/mol. The van der Waals surface area contributed by atoms with E-state index < -0.39 is 0 Å². The van der Waals surface area contributed by atoms with Gasteiger partial charge in [-0.25, -0.2) is 4.99 Å². The highest BCUT2D eigenvalue weighted by Gasteiger charge is 1.99. The third kappa shape index (κ3) is 2.15. The zero-order valence-corrected chi connectivity index (χ0v) is 8.82. The Morgan fingerprint density at radius 2 is 2.12 bits per heavy atom. The van der Waals surface area contributed by atoms with Gasteiger partial charge in [0.25, 0.3) is 0 Å². The maximum absolute atomic E-state index is 10.2. The van der Waals surface area contributed by atoms with E-state index in [4.69, 9.17) is 5.73 Å². The molecule has 0 unspecified atom stereocenters. The van der Waals surface area contributed by atoms with Crippen molar-refractivity contribution < 1.29 is 10.0 Å². The largest absolute Gasteiger partial charge is 0.428 e. The van der Waals surface area contributed by atoms with Crippen LogP contribution in [0, 0.1) is 0 Å². The third-order valence-electron chi connectivity index (χ3n) is 2.22. The number of pyridine rings is 1. The highest BCUT2D eigenvalue weighted by molar-refractivity contribution is 5.86.